The van der Waals surface area contributed by atoms with Crippen LogP contribution in [0.4, 0.5) is 0 Å². The first-order valence-electron chi connectivity index (χ1n) is 2.30. The summed E-state index contributed by atoms with van der Waals surface area (Å²) in [5.41, 5.74) is 0. The molecule has 1 aromatic heterocycles. The molecule has 0 aliphatic heterocycles. The van der Waals surface area contributed by atoms with Crippen molar-refractivity contribution in [1.82, 2.24) is 4.98 Å². The predicted molar refractivity (Wildman–Crippen MR) is 29.3 cm³/mol. The zero-order chi connectivity index (χ0) is 6.69. The molecule has 0 aliphatic carbocycles. The Morgan fingerprint density at radius 2 is 2.11 bits per heavy atom. The molecule has 1 aromatic rings. The van der Waals surface area contributed by atoms with Gasteiger partial charge in [0.25, 0.3) is 0 Å². The van der Waals surface area contributed by atoms with Crippen LogP contribution in [0.1, 0.15) is 0 Å². The van der Waals surface area contributed by atoms with Crippen LogP contribution >= 0.6 is 0 Å². The van der Waals surface area contributed by atoms with E-state index in [1.807, 2.05) is 0 Å². The topological polar surface area (TPSA) is 60.6 Å². The monoisotopic (exact) mass is 164 g/mol. The van der Waals surface area contributed by atoms with Crippen LogP contribution in [0.5, 0.6) is 0 Å². The van der Waals surface area contributed by atoms with Crippen molar-refractivity contribution in [2.24, 2.45) is 0 Å². The molecule has 0 radical (unpaired) electrons. The second kappa shape index (κ2) is 2.71. The molecule has 4 heteroatoms. The third kappa shape index (κ3) is 1.59. The second-order valence-corrected chi connectivity index (χ2v) is 2.80. The summed E-state index contributed by atoms with van der Waals surface area (Å²) in [5, 5.41) is 0. The fraction of sp³-hybridized carbons (Fsp3) is 0. The predicted octanol–water partition coefficient (Wildman–Crippen LogP) is 0.850. The van der Waals surface area contributed by atoms with Crippen molar-refractivity contribution in [2.75, 3.05) is 0 Å². The van der Waals surface area contributed by atoms with Gasteiger partial charge in [-0.25, -0.2) is 0 Å². The Morgan fingerprint density at radius 3 is 2.44 bits per heavy atom. The van der Waals surface area contributed by atoms with Crippen LogP contribution in [0.2, 0.25) is 0 Å². The number of pyridine rings is 1. The number of hydrogen-bond acceptors (Lipinski definition) is 3. The fourth-order valence-corrected chi connectivity index (χ4v) is 0.957. The average Bonchev–Trinajstić information content (AvgIpc) is 1.90. The Kier molecular flexibility index (Phi) is 1.92. The first kappa shape index (κ1) is 6.39. The van der Waals surface area contributed by atoms with E-state index in [1.165, 1.54) is 0 Å². The second-order valence-electron chi connectivity index (χ2n) is 1.41. The van der Waals surface area contributed by atoms with Gasteiger partial charge in [0.1, 0.15) is 0 Å². The Balaban J connectivity index is 3.13. The molecule has 1 rings (SSSR count). The van der Waals surface area contributed by atoms with Gasteiger partial charge < -0.3 is 0 Å². The number of aromatic nitrogens is 1. The number of nitrogens with one attached hydrogen (secondary N) is 2. The van der Waals surface area contributed by atoms with E-state index in [0.29, 0.717) is 4.59 Å². The minimum absolute atomic E-state index is 0.581. The molecule has 2 N–H and O–H groups in total. The van der Waals surface area contributed by atoms with Crippen molar-refractivity contribution >= 4 is 4.59 Å². The van der Waals surface area contributed by atoms with E-state index in [2.05, 4.69) is 4.98 Å². The maximum atomic E-state index is 7.01. The summed E-state index contributed by atoms with van der Waals surface area (Å²) >= 11 is -1.66. The normalized spacial score (nSPS) is 9.89. The third-order valence-electron chi connectivity index (χ3n) is 0.803. The van der Waals surface area contributed by atoms with Crippen molar-refractivity contribution in [1.29, 1.82) is 8.76 Å². The number of nitrogens with zero attached hydrogens (tertiary/aromatic N) is 1. The Labute approximate surface area is 56.8 Å². The van der Waals surface area contributed by atoms with E-state index in [4.69, 9.17) is 8.76 Å². The van der Waals surface area contributed by atoms with Crippen molar-refractivity contribution in [2.45, 2.75) is 0 Å². The SMILES string of the molecule is [NH]=[Fe](=[NH])[c]1ccccn1. The summed E-state index contributed by atoms with van der Waals surface area (Å²) < 4.78 is 14.6. The van der Waals surface area contributed by atoms with Gasteiger partial charge in [0.2, 0.25) is 0 Å². The van der Waals surface area contributed by atoms with Crippen LogP contribution in [0.15, 0.2) is 24.4 Å². The Morgan fingerprint density at radius 1 is 1.33 bits per heavy atom. The molecule has 1 heterocycles. The van der Waals surface area contributed by atoms with E-state index in [1.54, 1.807) is 24.4 Å². The molecule has 0 bridgehead atoms. The summed E-state index contributed by atoms with van der Waals surface area (Å²) in [6.45, 7) is 0. The van der Waals surface area contributed by atoms with E-state index in [9.17, 15) is 0 Å². The van der Waals surface area contributed by atoms with Crippen LogP contribution in [0.3, 0.4) is 0 Å². The van der Waals surface area contributed by atoms with Crippen LogP contribution in [0.25, 0.3) is 0 Å². The quantitative estimate of drug-likeness (QED) is 0.593. The van der Waals surface area contributed by atoms with Gasteiger partial charge in [-0.3, -0.25) is 0 Å². The van der Waals surface area contributed by atoms with Gasteiger partial charge in [-0.05, 0) is 0 Å². The standard InChI is InChI=1S/C5H4N.Fe.2HN/c1-2-4-6-5-3-1;;;/h1-4H;;2*1H. The van der Waals surface area contributed by atoms with Gasteiger partial charge in [0.05, 0.1) is 0 Å². The molecule has 0 saturated heterocycles. The van der Waals surface area contributed by atoms with Gasteiger partial charge >= 0.3 is 56.2 Å². The zero-order valence-corrected chi connectivity index (χ0v) is 5.71. The average molecular weight is 164 g/mol. The van der Waals surface area contributed by atoms with Crippen molar-refractivity contribution in [3.63, 3.8) is 0 Å². The molecular formula is C5H6FeN3. The number of rotatable bonds is 1. The molecule has 0 amide bonds. The van der Waals surface area contributed by atoms with Gasteiger partial charge in [-0.1, -0.05) is 0 Å². The van der Waals surface area contributed by atoms with E-state index in [-0.39, 0.29) is 0 Å². The molecule has 3 nitrogen and oxygen atoms in total. The fourth-order valence-electron chi connectivity index (χ4n) is 0.442. The molecule has 0 atom stereocenters. The molecule has 0 aliphatic rings. The van der Waals surface area contributed by atoms with Gasteiger partial charge in [-0.2, -0.15) is 0 Å². The maximum absolute atomic E-state index is 7.01. The van der Waals surface area contributed by atoms with Crippen LogP contribution in [-0.2, 0) is 13.5 Å². The molecular weight excluding hydrogens is 158 g/mol. The molecule has 49 valence electrons. The molecule has 0 saturated carbocycles. The summed E-state index contributed by atoms with van der Waals surface area (Å²) in [5.74, 6) is 0. The van der Waals surface area contributed by atoms with E-state index >= 15 is 0 Å². The minimum atomic E-state index is -1.66. The zero-order valence-electron chi connectivity index (χ0n) is 4.61. The first-order valence-corrected chi connectivity index (χ1v) is 3.96. The van der Waals surface area contributed by atoms with Crippen molar-refractivity contribution in [3.8, 4) is 0 Å². The van der Waals surface area contributed by atoms with Gasteiger partial charge in [0.15, 0.2) is 0 Å². The summed E-state index contributed by atoms with van der Waals surface area (Å²) in [6.07, 6.45) is 1.61. The molecule has 9 heavy (non-hydrogen) atoms. The molecule has 0 unspecified atom stereocenters. The summed E-state index contributed by atoms with van der Waals surface area (Å²) in [4.78, 5) is 3.84. The van der Waals surface area contributed by atoms with E-state index in [0.717, 1.165) is 0 Å². The molecule has 0 spiro atoms. The van der Waals surface area contributed by atoms with Crippen LogP contribution in [-0.4, -0.2) is 4.98 Å². The van der Waals surface area contributed by atoms with Crippen molar-refractivity contribution < 1.29 is 13.5 Å². The van der Waals surface area contributed by atoms with Gasteiger partial charge in [0, 0.05) is 0 Å². The first-order chi connectivity index (χ1) is 4.30. The van der Waals surface area contributed by atoms with Crippen molar-refractivity contribution in [3.05, 3.63) is 24.4 Å². The third-order valence-corrected chi connectivity index (χ3v) is 1.69. The molecule has 0 fully saturated rings. The van der Waals surface area contributed by atoms with Crippen LogP contribution < -0.4 is 4.59 Å². The Bertz CT molecular complexity index is 244. The number of hydrogen-bond donors (Lipinski definition) is 2. The van der Waals surface area contributed by atoms with Crippen LogP contribution in [0, 0.1) is 8.76 Å². The summed E-state index contributed by atoms with van der Waals surface area (Å²) in [6, 6.07) is 5.29. The van der Waals surface area contributed by atoms with E-state index < -0.39 is 13.5 Å². The Hall–Kier alpha value is -0.731. The molecule has 0 aromatic carbocycles. The van der Waals surface area contributed by atoms with Gasteiger partial charge in [-0.15, -0.1) is 0 Å². The summed E-state index contributed by atoms with van der Waals surface area (Å²) in [7, 11) is 0.